The second-order valence-electron chi connectivity index (χ2n) is 17.9. The zero-order valence-corrected chi connectivity index (χ0v) is 39.5. The largest absolute Gasteiger partial charge is 0.466 e. The number of hydrogen-bond donors (Lipinski definition) is 3. The molecule has 0 spiro atoms. The van der Waals surface area contributed by atoms with E-state index in [9.17, 15) is 19.8 Å². The number of hydrogen-bond acceptors (Lipinski definition) is 5. The van der Waals surface area contributed by atoms with Crippen molar-refractivity contribution in [3.63, 3.8) is 0 Å². The number of ether oxygens (including phenoxy) is 1. The van der Waals surface area contributed by atoms with E-state index < -0.39 is 12.1 Å². The lowest BCUT2D eigenvalue weighted by Crippen LogP contribution is -2.45. The van der Waals surface area contributed by atoms with Crippen molar-refractivity contribution < 1.29 is 24.5 Å². The van der Waals surface area contributed by atoms with Crippen LogP contribution in [-0.4, -0.2) is 47.4 Å². The number of carbonyl (C=O) groups excluding carboxylic acids is 2. The van der Waals surface area contributed by atoms with E-state index in [0.29, 0.717) is 19.4 Å². The first-order valence-corrected chi connectivity index (χ1v) is 26.1. The highest BCUT2D eigenvalue weighted by Gasteiger charge is 2.18. The lowest BCUT2D eigenvalue weighted by Gasteiger charge is -2.20. The van der Waals surface area contributed by atoms with Crippen LogP contribution in [0.4, 0.5) is 0 Å². The predicted octanol–water partition coefficient (Wildman–Crippen LogP) is 15.5. The van der Waals surface area contributed by atoms with Crippen LogP contribution in [0.2, 0.25) is 0 Å². The summed E-state index contributed by atoms with van der Waals surface area (Å²) in [4.78, 5) is 24.5. The monoisotopic (exact) mass is 832 g/mol. The topological polar surface area (TPSA) is 95.9 Å². The summed E-state index contributed by atoms with van der Waals surface area (Å²) in [5.74, 6) is -0.126. The number of rotatable bonds is 48. The third-order valence-electron chi connectivity index (χ3n) is 12.0. The third-order valence-corrected chi connectivity index (χ3v) is 12.0. The van der Waals surface area contributed by atoms with Gasteiger partial charge in [-0.1, -0.05) is 231 Å². The molecule has 2 unspecified atom stereocenters. The zero-order valence-electron chi connectivity index (χ0n) is 39.5. The van der Waals surface area contributed by atoms with Gasteiger partial charge in [0.15, 0.2) is 0 Å². The number of esters is 1. The number of aliphatic hydroxyl groups is 2. The molecule has 1 amide bonds. The van der Waals surface area contributed by atoms with Gasteiger partial charge in [0.25, 0.3) is 0 Å². The normalized spacial score (nSPS) is 12.8. The van der Waals surface area contributed by atoms with Gasteiger partial charge in [-0.15, -0.1) is 0 Å². The van der Waals surface area contributed by atoms with E-state index in [0.717, 1.165) is 83.5 Å². The number of aliphatic hydroxyl groups excluding tert-OH is 2. The Morgan fingerprint density at radius 2 is 0.797 bits per heavy atom. The lowest BCUT2D eigenvalue weighted by molar-refractivity contribution is -0.143. The SMILES string of the molecule is CCCCCCCCCCCCCCCC/C=C/C(O)C(CO)NC(=O)CCCCCCC/C=C\CCCCOC(=O)CCCCCCCCCCCCCCCCC. The van der Waals surface area contributed by atoms with Crippen LogP contribution in [0.1, 0.15) is 277 Å². The number of amides is 1. The minimum Gasteiger partial charge on any atom is -0.466 e. The molecule has 0 heterocycles. The van der Waals surface area contributed by atoms with Crippen molar-refractivity contribution >= 4 is 11.9 Å². The van der Waals surface area contributed by atoms with E-state index in [-0.39, 0.29) is 18.5 Å². The highest BCUT2D eigenvalue weighted by atomic mass is 16.5. The molecular formula is C53H101NO5. The van der Waals surface area contributed by atoms with Gasteiger partial charge in [0, 0.05) is 12.8 Å². The van der Waals surface area contributed by atoms with Gasteiger partial charge in [0.1, 0.15) is 0 Å². The molecule has 0 aromatic heterocycles. The zero-order chi connectivity index (χ0) is 43.0. The molecule has 0 radical (unpaired) electrons. The lowest BCUT2D eigenvalue weighted by atomic mass is 10.0. The number of allylic oxidation sites excluding steroid dienone is 3. The van der Waals surface area contributed by atoms with E-state index in [1.807, 2.05) is 6.08 Å². The molecule has 0 aliphatic rings. The van der Waals surface area contributed by atoms with Crippen LogP contribution < -0.4 is 5.32 Å². The fourth-order valence-corrected chi connectivity index (χ4v) is 7.92. The molecule has 6 nitrogen and oxygen atoms in total. The van der Waals surface area contributed by atoms with Gasteiger partial charge in [-0.2, -0.15) is 0 Å². The first-order chi connectivity index (χ1) is 29.0. The van der Waals surface area contributed by atoms with Crippen LogP contribution in [0.5, 0.6) is 0 Å². The highest BCUT2D eigenvalue weighted by molar-refractivity contribution is 5.76. The second kappa shape index (κ2) is 49.0. The molecule has 0 saturated heterocycles. The summed E-state index contributed by atoms with van der Waals surface area (Å²) in [7, 11) is 0. The highest BCUT2D eigenvalue weighted by Crippen LogP contribution is 2.16. The molecule has 0 fully saturated rings. The molecule has 3 N–H and O–H groups in total. The van der Waals surface area contributed by atoms with Crippen molar-refractivity contribution in [1.82, 2.24) is 5.32 Å². The predicted molar refractivity (Wildman–Crippen MR) is 255 cm³/mol. The summed E-state index contributed by atoms with van der Waals surface area (Å²) in [5.41, 5.74) is 0. The number of unbranched alkanes of at least 4 members (excludes halogenated alkanes) is 35. The van der Waals surface area contributed by atoms with Gasteiger partial charge in [-0.25, -0.2) is 0 Å². The maximum Gasteiger partial charge on any atom is 0.305 e. The van der Waals surface area contributed by atoms with Gasteiger partial charge in [-0.05, 0) is 57.8 Å². The molecule has 0 bridgehead atoms. The van der Waals surface area contributed by atoms with Crippen molar-refractivity contribution in [3.8, 4) is 0 Å². The Bertz CT molecular complexity index is 920. The minimum absolute atomic E-state index is 0.0302. The Hall–Kier alpha value is -1.66. The van der Waals surface area contributed by atoms with Crippen LogP contribution in [0.3, 0.4) is 0 Å². The standard InChI is InChI=1S/C53H101NO5/c1-3-5-7-9-11-13-15-17-19-21-22-25-29-33-37-41-45-51(56)50(49-55)54-52(57)46-42-38-34-30-26-24-28-32-36-40-44-48-59-53(58)47-43-39-35-31-27-23-20-18-16-14-12-10-8-6-4-2/h28,32,41,45,50-51,55-56H,3-27,29-31,33-40,42-44,46-49H2,1-2H3,(H,54,57)/b32-28-,45-41+. The van der Waals surface area contributed by atoms with Crippen LogP contribution >= 0.6 is 0 Å². The summed E-state index contributed by atoms with van der Waals surface area (Å²) in [6.45, 7) is 4.83. The first kappa shape index (κ1) is 57.3. The molecule has 0 saturated carbocycles. The molecule has 348 valence electrons. The van der Waals surface area contributed by atoms with Crippen molar-refractivity contribution in [2.24, 2.45) is 0 Å². The Morgan fingerprint density at radius 1 is 0.458 bits per heavy atom. The molecule has 0 aliphatic heterocycles. The first-order valence-electron chi connectivity index (χ1n) is 26.1. The summed E-state index contributed by atoms with van der Waals surface area (Å²) >= 11 is 0. The smallest absolute Gasteiger partial charge is 0.305 e. The van der Waals surface area contributed by atoms with E-state index in [4.69, 9.17) is 4.74 Å². The van der Waals surface area contributed by atoms with E-state index >= 15 is 0 Å². The van der Waals surface area contributed by atoms with Gasteiger partial charge >= 0.3 is 5.97 Å². The van der Waals surface area contributed by atoms with Crippen LogP contribution in [0.15, 0.2) is 24.3 Å². The van der Waals surface area contributed by atoms with Crippen LogP contribution in [0.25, 0.3) is 0 Å². The summed E-state index contributed by atoms with van der Waals surface area (Å²) in [6, 6.07) is -0.648. The summed E-state index contributed by atoms with van der Waals surface area (Å²) < 4.78 is 5.44. The van der Waals surface area contributed by atoms with Crippen LogP contribution in [0, 0.1) is 0 Å². The molecule has 6 heteroatoms. The number of nitrogens with one attached hydrogen (secondary N) is 1. The molecule has 0 aliphatic carbocycles. The van der Waals surface area contributed by atoms with Crippen LogP contribution in [-0.2, 0) is 14.3 Å². The van der Waals surface area contributed by atoms with Crippen molar-refractivity contribution in [2.75, 3.05) is 13.2 Å². The Morgan fingerprint density at radius 3 is 1.20 bits per heavy atom. The molecular weight excluding hydrogens is 731 g/mol. The molecule has 0 rings (SSSR count). The van der Waals surface area contributed by atoms with Gasteiger partial charge in [0.05, 0.1) is 25.4 Å². The maximum absolute atomic E-state index is 12.4. The quantitative estimate of drug-likeness (QED) is 0.0322. The maximum atomic E-state index is 12.4. The molecule has 0 aromatic carbocycles. The van der Waals surface area contributed by atoms with Gasteiger partial charge in [-0.3, -0.25) is 9.59 Å². The third kappa shape index (κ3) is 45.7. The Kier molecular flexibility index (Phi) is 47.6. The molecule has 59 heavy (non-hydrogen) atoms. The van der Waals surface area contributed by atoms with E-state index in [1.54, 1.807) is 6.08 Å². The average molecular weight is 832 g/mol. The number of carbonyl (C=O) groups is 2. The van der Waals surface area contributed by atoms with E-state index in [2.05, 4.69) is 31.3 Å². The van der Waals surface area contributed by atoms with Crippen molar-refractivity contribution in [1.29, 1.82) is 0 Å². The average Bonchev–Trinajstić information content (AvgIpc) is 3.24. The van der Waals surface area contributed by atoms with E-state index in [1.165, 1.54) is 167 Å². The minimum atomic E-state index is -0.861. The fourth-order valence-electron chi connectivity index (χ4n) is 7.92. The Balaban J connectivity index is 3.54. The second-order valence-corrected chi connectivity index (χ2v) is 17.9. The van der Waals surface area contributed by atoms with Gasteiger partial charge < -0.3 is 20.3 Å². The Labute approximate surface area is 367 Å². The summed E-state index contributed by atoms with van der Waals surface area (Å²) in [5, 5.41) is 23.0. The molecule has 2 atom stereocenters. The fraction of sp³-hybridized carbons (Fsp3) is 0.887. The summed E-state index contributed by atoms with van der Waals surface area (Å²) in [6.07, 6.45) is 57.5. The van der Waals surface area contributed by atoms with Gasteiger partial charge in [0.2, 0.25) is 5.91 Å². The van der Waals surface area contributed by atoms with Crippen molar-refractivity contribution in [2.45, 2.75) is 289 Å². The van der Waals surface area contributed by atoms with Crippen molar-refractivity contribution in [3.05, 3.63) is 24.3 Å². The molecule has 0 aromatic rings.